The summed E-state index contributed by atoms with van der Waals surface area (Å²) in [5.41, 5.74) is 7.11. The molecular formula is C33H46N13O24P4+. The molecule has 3 saturated heterocycles. The molecule has 5 unspecified atom stereocenters. The number of carbonyl (C=O) groups excluding carboxylic acids is 1. The maximum atomic E-state index is 14.3. The third-order valence-electron chi connectivity index (χ3n) is 11.7. The number of phosphoric acid groups is 3. The predicted octanol–water partition coefficient (Wildman–Crippen LogP) is -4.81. The monoisotopic (exact) mass is 1130 g/mol. The third-order valence-corrected chi connectivity index (χ3v) is 17.9. The quantitative estimate of drug-likeness (QED) is 0.0186. The minimum atomic E-state index is -6.23. The molecule has 5 aromatic rings. The van der Waals surface area contributed by atoms with E-state index in [4.69, 9.17) is 44.0 Å². The van der Waals surface area contributed by atoms with Gasteiger partial charge in [-0.2, -0.15) is 8.62 Å². The van der Waals surface area contributed by atoms with Crippen molar-refractivity contribution in [1.82, 2.24) is 48.9 Å². The van der Waals surface area contributed by atoms with E-state index in [2.05, 4.69) is 38.9 Å². The maximum Gasteiger partial charge on any atom is 0.490 e. The number of phosphoric ester groups is 2. The van der Waals surface area contributed by atoms with Crippen LogP contribution in [-0.4, -0.2) is 167 Å². The first kappa shape index (κ1) is 55.2. The number of nitrogens with zero attached hydrogens (tertiary/aromatic N) is 8. The Morgan fingerprint density at radius 3 is 2.16 bits per heavy atom. The summed E-state index contributed by atoms with van der Waals surface area (Å²) in [5.74, 6) is -1.56. The van der Waals surface area contributed by atoms with E-state index >= 15 is 0 Å². The number of rotatable bonds is 21. The molecular weight excluding hydrogens is 1090 g/mol. The van der Waals surface area contributed by atoms with E-state index in [9.17, 15) is 72.3 Å². The van der Waals surface area contributed by atoms with Crippen molar-refractivity contribution in [2.45, 2.75) is 67.1 Å². The van der Waals surface area contributed by atoms with Crippen LogP contribution in [-0.2, 0) is 71.2 Å². The van der Waals surface area contributed by atoms with Crippen LogP contribution in [0.15, 0.2) is 45.6 Å². The highest BCUT2D eigenvalue weighted by atomic mass is 31.3. The number of fused-ring (bicyclic) bond motifs is 2. The van der Waals surface area contributed by atoms with Gasteiger partial charge in [0, 0.05) is 31.8 Å². The summed E-state index contributed by atoms with van der Waals surface area (Å²) in [7, 11) is -20.9. The summed E-state index contributed by atoms with van der Waals surface area (Å²) in [5, 5.41) is 35.0. The van der Waals surface area contributed by atoms with Gasteiger partial charge < -0.3 is 75.1 Å². The number of carbonyl (C=O) groups is 1. The number of aromatic amines is 2. The minimum Gasteiger partial charge on any atom is -0.387 e. The van der Waals surface area contributed by atoms with Gasteiger partial charge in [-0.1, -0.05) is 4.98 Å². The Morgan fingerprint density at radius 2 is 1.50 bits per heavy atom. The number of aromatic nitrogens is 10. The van der Waals surface area contributed by atoms with Gasteiger partial charge in [-0.15, -0.1) is 0 Å². The molecule has 3 aliphatic rings. The molecule has 8 heterocycles. The van der Waals surface area contributed by atoms with Crippen LogP contribution in [0.2, 0.25) is 0 Å². The number of aryl methyl sites for hydroxylation is 1. The molecule has 3 aliphatic heterocycles. The van der Waals surface area contributed by atoms with Gasteiger partial charge in [-0.3, -0.25) is 51.7 Å². The zero-order valence-corrected chi connectivity index (χ0v) is 41.4. The van der Waals surface area contributed by atoms with Gasteiger partial charge in [-0.25, -0.2) is 38.0 Å². The summed E-state index contributed by atoms with van der Waals surface area (Å²) in [6, 6.07) is 0.921. The van der Waals surface area contributed by atoms with E-state index in [-0.39, 0.29) is 47.0 Å². The lowest BCUT2D eigenvalue weighted by Crippen LogP contribution is -2.46. The number of nitrogen functional groups attached to an aromatic ring is 2. The second-order valence-corrected chi connectivity index (χ2v) is 23.0. The van der Waals surface area contributed by atoms with Crippen molar-refractivity contribution >= 4 is 71.6 Å². The highest BCUT2D eigenvalue weighted by molar-refractivity contribution is 7.66. The van der Waals surface area contributed by atoms with Crippen molar-refractivity contribution in [3.8, 4) is 0 Å². The molecule has 1 amide bonds. The first-order valence-corrected chi connectivity index (χ1v) is 27.3. The van der Waals surface area contributed by atoms with Gasteiger partial charge >= 0.3 is 42.4 Å². The number of anilines is 2. The summed E-state index contributed by atoms with van der Waals surface area (Å²) in [6.07, 6.45) is -11.8. The minimum absolute atomic E-state index is 0.00400. The molecule has 37 nitrogen and oxygen atoms in total. The third kappa shape index (κ3) is 11.2. The number of nitrogens with two attached hydrogens (primary N) is 2. The van der Waals surface area contributed by atoms with Gasteiger partial charge in [0.1, 0.15) is 54.1 Å². The number of methoxy groups -OCH3 is 1. The highest BCUT2D eigenvalue weighted by Gasteiger charge is 2.58. The van der Waals surface area contributed by atoms with Crippen LogP contribution >= 0.6 is 31.1 Å². The largest absolute Gasteiger partial charge is 0.490 e. The van der Waals surface area contributed by atoms with E-state index in [0.29, 0.717) is 0 Å². The second-order valence-electron chi connectivity index (χ2n) is 16.4. The summed E-state index contributed by atoms with van der Waals surface area (Å²) in [4.78, 5) is 111. The number of aliphatic hydroxyl groups is 3. The molecule has 41 heteroatoms. The fourth-order valence-electron chi connectivity index (χ4n) is 8.51. The Labute approximate surface area is 410 Å². The molecule has 74 heavy (non-hydrogen) atoms. The number of ether oxygens (including phenoxy) is 4. The molecule has 8 rings (SSSR count). The molecule has 0 saturated carbocycles. The summed E-state index contributed by atoms with van der Waals surface area (Å²) < 4.78 is 105. The van der Waals surface area contributed by atoms with Crippen molar-refractivity contribution in [3.63, 3.8) is 0 Å². The van der Waals surface area contributed by atoms with Crippen LogP contribution in [0.4, 0.5) is 11.8 Å². The standard InChI is InChI=1S/C33H45N13O24P4/c1-43-12-46(27-19(43)28(52)42-32(35)41-27)29-20(49)13(5-36-11-47)14(66-29)6-64-72(56,57)69-74(60,61)70-73(58,59)65-8-16-24(23(62-2)31(68-16)45-10-39-18-25(34)37-9-38-26(18)45)71(54,55)63-7-15-21(50)22(51)30(67-15)44-4-3-17(48)40-33(44)53/h3-4,9-16,20-24,29-31,49-51H,5-8H2,1-2H3,(H10-,34,35,36,37,38,40,41,42,47,48,52,53,54,55,56,57,58,59,60,61)/p+1/t13-,14-,15-,16?,20-,21-,22-,23-,24-,29-,30-,31-/m1/s1. The SMILES string of the molecule is CO[C@H]1[C@H](n2cnc3c(N)ncnc32)OC(COP(=O)(O)OP(=O)(O)OP(=O)(O)OC[C@H]2O[C@@H]([n+]3cn(C)c4c(=O)[nH]c(N)nc43)[C@H](O)[C@@H]2CNC=O)[C@H]1P(=O)(O)OC[C@H]1O[C@@H](n2ccc(=O)[nH]c2=O)[C@H](O)[C@@H]1O. The van der Waals surface area contributed by atoms with Gasteiger partial charge in [0.25, 0.3) is 17.1 Å². The average molecular weight is 1130 g/mol. The molecule has 14 N–H and O–H groups in total. The Bertz CT molecular complexity index is 3300. The van der Waals surface area contributed by atoms with E-state index in [1.807, 2.05) is 4.98 Å². The van der Waals surface area contributed by atoms with E-state index in [1.54, 1.807) is 0 Å². The lowest BCUT2D eigenvalue weighted by molar-refractivity contribution is -0.745. The number of nitrogens with one attached hydrogen (secondary N) is 3. The number of H-pyrrole nitrogens is 2. The van der Waals surface area contributed by atoms with Crippen LogP contribution in [0.25, 0.3) is 22.3 Å². The number of hydrogen-bond acceptors (Lipinski definition) is 26. The van der Waals surface area contributed by atoms with Gasteiger partial charge in [0.15, 0.2) is 30.2 Å². The van der Waals surface area contributed by atoms with Gasteiger partial charge in [0.2, 0.25) is 18.2 Å². The van der Waals surface area contributed by atoms with Gasteiger partial charge in [-0.05, 0) is 0 Å². The van der Waals surface area contributed by atoms with Crippen molar-refractivity contribution in [2.75, 3.05) is 44.9 Å². The molecule has 16 atom stereocenters. The molecule has 5 aromatic heterocycles. The summed E-state index contributed by atoms with van der Waals surface area (Å²) in [6.45, 7) is -3.70. The smallest absolute Gasteiger partial charge is 0.387 e. The Balaban J connectivity index is 0.960. The van der Waals surface area contributed by atoms with Crippen LogP contribution in [0, 0.1) is 5.92 Å². The van der Waals surface area contributed by atoms with E-state index in [0.717, 1.165) is 36.6 Å². The maximum absolute atomic E-state index is 14.3. The number of imidazole rings is 2. The van der Waals surface area contributed by atoms with Crippen LogP contribution in [0.3, 0.4) is 0 Å². The number of hydrogen-bond donors (Lipinski definition) is 12. The molecule has 0 spiro atoms. The van der Waals surface area contributed by atoms with Crippen LogP contribution in [0.1, 0.15) is 18.7 Å². The number of amides is 1. The van der Waals surface area contributed by atoms with Crippen molar-refractivity contribution in [3.05, 3.63) is 62.4 Å². The molecule has 0 radical (unpaired) electrons. The lowest BCUT2D eigenvalue weighted by atomic mass is 9.98. The first-order valence-electron chi connectivity index (χ1n) is 21.1. The first-order chi connectivity index (χ1) is 34.7. The van der Waals surface area contributed by atoms with Gasteiger partial charge in [0.05, 0.1) is 39.3 Å². The number of aliphatic hydroxyl groups excluding tert-OH is 3. The zero-order chi connectivity index (χ0) is 53.8. The molecule has 0 aromatic carbocycles. The van der Waals surface area contributed by atoms with E-state index in [1.165, 1.54) is 27.1 Å². The Morgan fingerprint density at radius 1 is 0.838 bits per heavy atom. The lowest BCUT2D eigenvalue weighted by Gasteiger charge is -2.28. The van der Waals surface area contributed by atoms with E-state index < -0.39 is 141 Å². The Kier molecular flexibility index (Phi) is 15.8. The predicted molar refractivity (Wildman–Crippen MR) is 238 cm³/mol. The average Bonchev–Trinajstić information content (AvgIpc) is 4.12. The molecule has 0 aliphatic carbocycles. The molecule has 406 valence electrons. The normalized spacial score (nSPS) is 30.5. The van der Waals surface area contributed by atoms with Crippen molar-refractivity contribution < 1.29 is 104 Å². The fourth-order valence-corrected chi connectivity index (χ4v) is 13.8. The Hall–Kier alpha value is -5.07. The van der Waals surface area contributed by atoms with Crippen LogP contribution < -0.4 is 38.2 Å². The van der Waals surface area contributed by atoms with Crippen LogP contribution in [0.5, 0.6) is 0 Å². The zero-order valence-electron chi connectivity index (χ0n) is 37.8. The van der Waals surface area contributed by atoms with Crippen molar-refractivity contribution in [1.29, 1.82) is 0 Å². The fraction of sp³-hybridized carbons (Fsp3) is 0.545. The second kappa shape index (κ2) is 21.2. The molecule has 3 fully saturated rings. The molecule has 0 bridgehead atoms. The van der Waals surface area contributed by atoms with Crippen molar-refractivity contribution in [2.24, 2.45) is 13.0 Å². The topological polar surface area (TPSA) is 527 Å². The highest BCUT2D eigenvalue weighted by Crippen LogP contribution is 2.68. The summed E-state index contributed by atoms with van der Waals surface area (Å²) >= 11 is 0.